The van der Waals surface area contributed by atoms with Gasteiger partial charge in [-0.1, -0.05) is 12.1 Å². The molecule has 0 bridgehead atoms. The molecule has 0 unspecified atom stereocenters. The van der Waals surface area contributed by atoms with E-state index in [1.807, 2.05) is 0 Å². The molecule has 0 fully saturated rings. The van der Waals surface area contributed by atoms with Crippen molar-refractivity contribution in [2.75, 3.05) is 5.32 Å². The highest BCUT2D eigenvalue weighted by molar-refractivity contribution is 5.68. The summed E-state index contributed by atoms with van der Waals surface area (Å²) < 4.78 is 0. The Labute approximate surface area is 97.5 Å². The molecule has 0 saturated carbocycles. The SMILES string of the molecule is Cc1nccnc1Nc1ccccc1[N+](=O)[O-]. The van der Waals surface area contributed by atoms with Crippen molar-refractivity contribution < 1.29 is 4.92 Å². The molecule has 1 heterocycles. The van der Waals surface area contributed by atoms with Crippen molar-refractivity contribution in [3.63, 3.8) is 0 Å². The van der Waals surface area contributed by atoms with Crippen LogP contribution in [0.5, 0.6) is 0 Å². The molecule has 0 aliphatic heterocycles. The molecule has 0 amide bonds. The maximum absolute atomic E-state index is 10.8. The Morgan fingerprint density at radius 1 is 1.24 bits per heavy atom. The number of nitro groups is 1. The second-order valence-electron chi connectivity index (χ2n) is 3.39. The molecule has 1 N–H and O–H groups in total. The van der Waals surface area contributed by atoms with Crippen LogP contribution in [0.4, 0.5) is 17.2 Å². The number of rotatable bonds is 3. The first-order valence-electron chi connectivity index (χ1n) is 4.96. The minimum atomic E-state index is -0.436. The number of nitrogens with zero attached hydrogens (tertiary/aromatic N) is 3. The summed E-state index contributed by atoms with van der Waals surface area (Å²) >= 11 is 0. The van der Waals surface area contributed by atoms with Crippen LogP contribution in [-0.2, 0) is 0 Å². The van der Waals surface area contributed by atoms with Gasteiger partial charge in [-0.05, 0) is 13.0 Å². The summed E-state index contributed by atoms with van der Waals surface area (Å²) in [5.74, 6) is 0.516. The fourth-order valence-electron chi connectivity index (χ4n) is 1.40. The van der Waals surface area contributed by atoms with Crippen molar-refractivity contribution in [3.8, 4) is 0 Å². The maximum atomic E-state index is 10.8. The number of aryl methyl sites for hydroxylation is 1. The van der Waals surface area contributed by atoms with Crippen LogP contribution in [0.25, 0.3) is 0 Å². The van der Waals surface area contributed by atoms with E-state index in [2.05, 4.69) is 15.3 Å². The highest BCUT2D eigenvalue weighted by Crippen LogP contribution is 2.26. The highest BCUT2D eigenvalue weighted by Gasteiger charge is 2.13. The molecule has 0 aliphatic carbocycles. The molecule has 2 rings (SSSR count). The van der Waals surface area contributed by atoms with Gasteiger partial charge < -0.3 is 5.32 Å². The Morgan fingerprint density at radius 2 is 1.94 bits per heavy atom. The van der Waals surface area contributed by atoms with Crippen LogP contribution >= 0.6 is 0 Å². The average molecular weight is 230 g/mol. The summed E-state index contributed by atoms with van der Waals surface area (Å²) in [4.78, 5) is 18.5. The quantitative estimate of drug-likeness (QED) is 0.646. The lowest BCUT2D eigenvalue weighted by Crippen LogP contribution is -2.00. The molecule has 2 aromatic rings. The minimum Gasteiger partial charge on any atom is -0.333 e. The first-order valence-corrected chi connectivity index (χ1v) is 4.96. The third-order valence-corrected chi connectivity index (χ3v) is 2.24. The molecule has 1 aromatic heterocycles. The third kappa shape index (κ3) is 2.36. The van der Waals surface area contributed by atoms with Crippen molar-refractivity contribution in [2.24, 2.45) is 0 Å². The van der Waals surface area contributed by atoms with Gasteiger partial charge in [-0.2, -0.15) is 0 Å². The Bertz CT molecular complexity index is 557. The van der Waals surface area contributed by atoms with Crippen LogP contribution < -0.4 is 5.32 Å². The van der Waals surface area contributed by atoms with Crippen molar-refractivity contribution in [1.82, 2.24) is 9.97 Å². The summed E-state index contributed by atoms with van der Waals surface area (Å²) in [5, 5.41) is 13.7. The normalized spacial score (nSPS) is 9.94. The summed E-state index contributed by atoms with van der Waals surface area (Å²) in [5.41, 5.74) is 1.10. The van der Waals surface area contributed by atoms with Gasteiger partial charge in [-0.15, -0.1) is 0 Å². The van der Waals surface area contributed by atoms with Gasteiger partial charge in [0.2, 0.25) is 0 Å². The molecule has 0 atom stereocenters. The van der Waals surface area contributed by atoms with E-state index < -0.39 is 4.92 Å². The van der Waals surface area contributed by atoms with Gasteiger partial charge in [0.1, 0.15) is 5.69 Å². The molecule has 86 valence electrons. The van der Waals surface area contributed by atoms with Crippen LogP contribution in [0.1, 0.15) is 5.69 Å². The van der Waals surface area contributed by atoms with E-state index in [-0.39, 0.29) is 5.69 Å². The number of aromatic nitrogens is 2. The third-order valence-electron chi connectivity index (χ3n) is 2.24. The van der Waals surface area contributed by atoms with E-state index in [0.29, 0.717) is 17.2 Å². The second-order valence-corrected chi connectivity index (χ2v) is 3.39. The van der Waals surface area contributed by atoms with Gasteiger partial charge in [-0.3, -0.25) is 15.1 Å². The Balaban J connectivity index is 2.37. The fourth-order valence-corrected chi connectivity index (χ4v) is 1.40. The van der Waals surface area contributed by atoms with E-state index >= 15 is 0 Å². The van der Waals surface area contributed by atoms with Crippen LogP contribution in [-0.4, -0.2) is 14.9 Å². The molecule has 17 heavy (non-hydrogen) atoms. The Kier molecular flexibility index (Phi) is 2.95. The van der Waals surface area contributed by atoms with Gasteiger partial charge >= 0.3 is 0 Å². The standard InChI is InChI=1S/C11H10N4O2/c1-8-11(13-7-6-12-8)14-9-4-2-3-5-10(9)15(16)17/h2-7H,1H3,(H,13,14). The zero-order chi connectivity index (χ0) is 12.3. The number of para-hydroxylation sites is 2. The van der Waals surface area contributed by atoms with Crippen LogP contribution in [0.15, 0.2) is 36.7 Å². The van der Waals surface area contributed by atoms with E-state index in [0.717, 1.165) is 0 Å². The van der Waals surface area contributed by atoms with Crippen LogP contribution in [0.3, 0.4) is 0 Å². The van der Waals surface area contributed by atoms with Crippen LogP contribution in [0, 0.1) is 17.0 Å². The molecule has 6 nitrogen and oxygen atoms in total. The number of anilines is 2. The minimum absolute atomic E-state index is 0.0116. The molecule has 0 radical (unpaired) electrons. The van der Waals surface area contributed by atoms with Crippen molar-refractivity contribution in [3.05, 3.63) is 52.5 Å². The van der Waals surface area contributed by atoms with Gasteiger partial charge in [0.15, 0.2) is 5.82 Å². The van der Waals surface area contributed by atoms with Crippen molar-refractivity contribution in [1.29, 1.82) is 0 Å². The van der Waals surface area contributed by atoms with Gasteiger partial charge in [-0.25, -0.2) is 4.98 Å². The fraction of sp³-hybridized carbons (Fsp3) is 0.0909. The topological polar surface area (TPSA) is 81.0 Å². The van der Waals surface area contributed by atoms with Crippen LogP contribution in [0.2, 0.25) is 0 Å². The van der Waals surface area contributed by atoms with Crippen molar-refractivity contribution >= 4 is 17.2 Å². The molecule has 0 saturated heterocycles. The molecule has 6 heteroatoms. The number of benzene rings is 1. The highest BCUT2D eigenvalue weighted by atomic mass is 16.6. The lowest BCUT2D eigenvalue weighted by atomic mass is 10.2. The summed E-state index contributed by atoms with van der Waals surface area (Å²) in [6.45, 7) is 1.78. The maximum Gasteiger partial charge on any atom is 0.292 e. The number of nitro benzene ring substituents is 1. The smallest absolute Gasteiger partial charge is 0.292 e. The second kappa shape index (κ2) is 4.56. The number of nitrogens with one attached hydrogen (secondary N) is 1. The number of hydrogen-bond acceptors (Lipinski definition) is 5. The lowest BCUT2D eigenvalue weighted by molar-refractivity contribution is -0.383. The lowest BCUT2D eigenvalue weighted by Gasteiger charge is -2.07. The largest absolute Gasteiger partial charge is 0.333 e. The monoisotopic (exact) mass is 230 g/mol. The van der Waals surface area contributed by atoms with Gasteiger partial charge in [0.25, 0.3) is 5.69 Å². The Hall–Kier alpha value is -2.50. The van der Waals surface area contributed by atoms with E-state index in [1.165, 1.54) is 12.3 Å². The van der Waals surface area contributed by atoms with E-state index in [4.69, 9.17) is 0 Å². The van der Waals surface area contributed by atoms with E-state index in [9.17, 15) is 10.1 Å². The predicted octanol–water partition coefficient (Wildman–Crippen LogP) is 2.44. The summed E-state index contributed by atoms with van der Waals surface area (Å²) in [6.07, 6.45) is 3.10. The predicted molar refractivity (Wildman–Crippen MR) is 63.1 cm³/mol. The van der Waals surface area contributed by atoms with E-state index in [1.54, 1.807) is 31.3 Å². The zero-order valence-electron chi connectivity index (χ0n) is 9.12. The molecule has 0 spiro atoms. The molecule has 1 aromatic carbocycles. The number of hydrogen-bond donors (Lipinski definition) is 1. The summed E-state index contributed by atoms with van der Waals surface area (Å²) in [7, 11) is 0. The van der Waals surface area contributed by atoms with Gasteiger partial charge in [0.05, 0.1) is 10.6 Å². The van der Waals surface area contributed by atoms with Crippen molar-refractivity contribution in [2.45, 2.75) is 6.92 Å². The molecule has 0 aliphatic rings. The first-order chi connectivity index (χ1) is 8.18. The zero-order valence-corrected chi connectivity index (χ0v) is 9.12. The Morgan fingerprint density at radius 3 is 2.65 bits per heavy atom. The average Bonchev–Trinajstić information content (AvgIpc) is 2.32. The van der Waals surface area contributed by atoms with Gasteiger partial charge in [0, 0.05) is 18.5 Å². The molecular formula is C11H10N4O2. The summed E-state index contributed by atoms with van der Waals surface area (Å²) in [6, 6.07) is 6.41. The molecular weight excluding hydrogens is 220 g/mol. The first kappa shape index (κ1) is 11.0.